The number of amides is 2. The highest BCUT2D eigenvalue weighted by molar-refractivity contribution is 6.30. The van der Waals surface area contributed by atoms with Gasteiger partial charge in [0.2, 0.25) is 5.95 Å². The van der Waals surface area contributed by atoms with Crippen molar-refractivity contribution in [3.8, 4) is 5.75 Å². The van der Waals surface area contributed by atoms with Crippen molar-refractivity contribution in [3.63, 3.8) is 0 Å². The minimum atomic E-state index is -0.0175. The third kappa shape index (κ3) is 3.08. The second-order valence-electron chi connectivity index (χ2n) is 8.38. The van der Waals surface area contributed by atoms with Gasteiger partial charge in [-0.3, -0.25) is 4.90 Å². The molecule has 8 heteroatoms. The van der Waals surface area contributed by atoms with Gasteiger partial charge in [-0.2, -0.15) is 0 Å². The number of anilines is 2. The van der Waals surface area contributed by atoms with Gasteiger partial charge in [0.05, 0.1) is 11.7 Å². The van der Waals surface area contributed by atoms with Crippen LogP contribution in [0.25, 0.3) is 0 Å². The van der Waals surface area contributed by atoms with Crippen LogP contribution in [0.15, 0.2) is 30.6 Å². The lowest BCUT2D eigenvalue weighted by atomic mass is 9.73. The lowest BCUT2D eigenvalue weighted by Gasteiger charge is -2.60. The molecule has 7 nitrogen and oxygen atoms in total. The number of urea groups is 1. The number of ether oxygens (including phenoxy) is 1. The van der Waals surface area contributed by atoms with Gasteiger partial charge in [0.15, 0.2) is 0 Å². The topological polar surface area (TPSA) is 61.8 Å². The average Bonchev–Trinajstić information content (AvgIpc) is 2.66. The van der Waals surface area contributed by atoms with Crippen LogP contribution in [0.4, 0.5) is 16.4 Å². The van der Waals surface area contributed by atoms with Crippen molar-refractivity contribution in [3.05, 3.63) is 41.2 Å². The number of hydrogen-bond donors (Lipinski definition) is 0. The zero-order valence-electron chi connectivity index (χ0n) is 16.6. The van der Waals surface area contributed by atoms with E-state index in [1.54, 1.807) is 12.1 Å². The Labute approximate surface area is 175 Å². The maximum atomic E-state index is 13.2. The molecule has 1 unspecified atom stereocenters. The van der Waals surface area contributed by atoms with Crippen molar-refractivity contribution in [1.29, 1.82) is 0 Å². The number of rotatable bonds is 2. The number of benzene rings is 1. The molecule has 0 radical (unpaired) electrons. The van der Waals surface area contributed by atoms with Crippen LogP contribution in [0, 0.1) is 5.41 Å². The Morgan fingerprint density at radius 3 is 2.66 bits per heavy atom. The third-order valence-corrected chi connectivity index (χ3v) is 6.30. The first-order valence-corrected chi connectivity index (χ1v) is 10.4. The number of carbonyl (C=O) groups excluding carboxylic acids is 1. The summed E-state index contributed by atoms with van der Waals surface area (Å²) in [4.78, 5) is 28.1. The van der Waals surface area contributed by atoms with Gasteiger partial charge in [0, 0.05) is 55.1 Å². The summed E-state index contributed by atoms with van der Waals surface area (Å²) in [5.74, 6) is 1.45. The van der Waals surface area contributed by atoms with E-state index in [4.69, 9.17) is 16.3 Å². The summed E-state index contributed by atoms with van der Waals surface area (Å²) in [7, 11) is 0. The first kappa shape index (κ1) is 18.5. The van der Waals surface area contributed by atoms with E-state index >= 15 is 0 Å². The Morgan fingerprint density at radius 2 is 1.97 bits per heavy atom. The molecular formula is C21H24ClN5O2. The normalized spacial score (nSPS) is 21.9. The van der Waals surface area contributed by atoms with Gasteiger partial charge in [-0.1, -0.05) is 18.5 Å². The molecule has 2 fully saturated rings. The van der Waals surface area contributed by atoms with Crippen LogP contribution in [0.3, 0.4) is 0 Å². The van der Waals surface area contributed by atoms with E-state index < -0.39 is 0 Å². The Hall–Kier alpha value is -2.54. The van der Waals surface area contributed by atoms with E-state index in [1.807, 2.05) is 35.2 Å². The quantitative estimate of drug-likeness (QED) is 0.756. The van der Waals surface area contributed by atoms with Crippen LogP contribution < -0.4 is 14.5 Å². The van der Waals surface area contributed by atoms with Crippen LogP contribution >= 0.6 is 11.6 Å². The summed E-state index contributed by atoms with van der Waals surface area (Å²) in [6, 6.07) is 5.46. The van der Waals surface area contributed by atoms with Crippen LogP contribution in [-0.2, 0) is 6.42 Å². The number of hydrogen-bond acceptors (Lipinski definition) is 5. The zero-order valence-corrected chi connectivity index (χ0v) is 17.4. The zero-order chi connectivity index (χ0) is 20.2. The first-order chi connectivity index (χ1) is 14.0. The number of aryl methyl sites for hydroxylation is 1. The molecular weight excluding hydrogens is 390 g/mol. The molecule has 2 aromatic rings. The number of halogens is 1. The van der Waals surface area contributed by atoms with Crippen molar-refractivity contribution in [1.82, 2.24) is 14.9 Å². The summed E-state index contributed by atoms with van der Waals surface area (Å²) in [5.41, 5.74) is 2.10. The Kier molecular flexibility index (Phi) is 4.31. The number of likely N-dealkylation sites (tertiary alicyclic amines) is 1. The van der Waals surface area contributed by atoms with Gasteiger partial charge in [-0.25, -0.2) is 14.8 Å². The minimum Gasteiger partial charge on any atom is -0.489 e. The lowest BCUT2D eigenvalue weighted by Crippen LogP contribution is -2.74. The highest BCUT2D eigenvalue weighted by atomic mass is 35.5. The van der Waals surface area contributed by atoms with Gasteiger partial charge in [-0.15, -0.1) is 0 Å². The average molecular weight is 414 g/mol. The minimum absolute atomic E-state index is 0.0175. The fourth-order valence-electron chi connectivity index (χ4n) is 4.47. The van der Waals surface area contributed by atoms with E-state index in [2.05, 4.69) is 21.8 Å². The molecule has 2 saturated heterocycles. The van der Waals surface area contributed by atoms with Crippen LogP contribution in [-0.4, -0.2) is 59.7 Å². The van der Waals surface area contributed by atoms with Gasteiger partial charge in [0.1, 0.15) is 12.4 Å². The highest BCUT2D eigenvalue weighted by Gasteiger charge is 2.55. The molecule has 0 bridgehead atoms. The van der Waals surface area contributed by atoms with E-state index in [1.165, 1.54) is 0 Å². The Balaban J connectivity index is 1.23. The Bertz CT molecular complexity index is 937. The predicted molar refractivity (Wildman–Crippen MR) is 112 cm³/mol. The molecule has 0 saturated carbocycles. The van der Waals surface area contributed by atoms with Crippen molar-refractivity contribution in [2.75, 3.05) is 42.6 Å². The molecule has 1 aromatic heterocycles. The number of fused-ring (bicyclic) bond motifs is 1. The van der Waals surface area contributed by atoms with Crippen molar-refractivity contribution in [2.45, 2.75) is 26.3 Å². The molecule has 2 amide bonds. The van der Waals surface area contributed by atoms with Crippen molar-refractivity contribution in [2.24, 2.45) is 5.41 Å². The summed E-state index contributed by atoms with van der Waals surface area (Å²) >= 11 is 6.08. The summed E-state index contributed by atoms with van der Waals surface area (Å²) < 4.78 is 5.76. The van der Waals surface area contributed by atoms with Gasteiger partial charge >= 0.3 is 6.03 Å². The second-order valence-corrected chi connectivity index (χ2v) is 8.82. The fraction of sp³-hybridized carbons (Fsp3) is 0.476. The van der Waals surface area contributed by atoms with Crippen molar-refractivity contribution < 1.29 is 9.53 Å². The molecule has 1 spiro atoms. The molecule has 3 aliphatic heterocycles. The van der Waals surface area contributed by atoms with Crippen LogP contribution in [0.5, 0.6) is 5.75 Å². The number of carbonyl (C=O) groups is 1. The van der Waals surface area contributed by atoms with Crippen molar-refractivity contribution >= 4 is 29.3 Å². The maximum Gasteiger partial charge on any atom is 0.325 e. The summed E-state index contributed by atoms with van der Waals surface area (Å²) in [6.07, 6.45) is 4.73. The molecule has 29 heavy (non-hydrogen) atoms. The fourth-order valence-corrected chi connectivity index (χ4v) is 4.63. The first-order valence-electron chi connectivity index (χ1n) is 10.0. The van der Waals surface area contributed by atoms with E-state index in [0.717, 1.165) is 49.8 Å². The molecule has 1 aromatic carbocycles. The molecule has 0 aliphatic carbocycles. The lowest BCUT2D eigenvalue weighted by molar-refractivity contribution is 0.00814. The highest BCUT2D eigenvalue weighted by Crippen LogP contribution is 2.43. The monoisotopic (exact) mass is 413 g/mol. The largest absolute Gasteiger partial charge is 0.489 e. The molecule has 5 rings (SSSR count). The summed E-state index contributed by atoms with van der Waals surface area (Å²) in [5, 5.41) is 0.609. The van der Waals surface area contributed by atoms with Crippen LogP contribution in [0.2, 0.25) is 5.02 Å². The molecule has 152 valence electrons. The van der Waals surface area contributed by atoms with E-state index in [9.17, 15) is 4.79 Å². The van der Waals surface area contributed by atoms with E-state index in [0.29, 0.717) is 17.4 Å². The number of aromatic nitrogens is 2. The van der Waals surface area contributed by atoms with Crippen LogP contribution in [0.1, 0.15) is 19.4 Å². The standard InChI is InChI=1S/C21H24ClN5O2/c1-3-15-7-23-19(24-8-15)25-10-21(11-25)12-26(13-21)20(28)27-14(2)9-29-18-6-16(22)4-5-17(18)27/h4-8,14H,3,9-13H2,1-2H3. The maximum absolute atomic E-state index is 13.2. The summed E-state index contributed by atoms with van der Waals surface area (Å²) in [6.45, 7) is 7.90. The second kappa shape index (κ2) is 6.76. The molecule has 1 atom stereocenters. The number of nitrogens with zero attached hydrogens (tertiary/aromatic N) is 5. The predicted octanol–water partition coefficient (Wildman–Crippen LogP) is 3.22. The van der Waals surface area contributed by atoms with Gasteiger partial charge in [-0.05, 0) is 31.0 Å². The smallest absolute Gasteiger partial charge is 0.325 e. The Morgan fingerprint density at radius 1 is 1.24 bits per heavy atom. The molecule has 0 N–H and O–H groups in total. The SMILES string of the molecule is CCc1cnc(N2CC3(CN(C(=O)N4c5ccc(Cl)cc5OCC4C)C3)C2)nc1. The third-order valence-electron chi connectivity index (χ3n) is 6.07. The van der Waals surface area contributed by atoms with Gasteiger partial charge < -0.3 is 14.5 Å². The molecule has 3 aliphatic rings. The molecule has 4 heterocycles. The van der Waals surface area contributed by atoms with Gasteiger partial charge in [0.25, 0.3) is 0 Å². The van der Waals surface area contributed by atoms with E-state index in [-0.39, 0.29) is 17.5 Å².